The summed E-state index contributed by atoms with van der Waals surface area (Å²) >= 11 is 1.75. The minimum absolute atomic E-state index is 0.00528. The summed E-state index contributed by atoms with van der Waals surface area (Å²) in [5.74, 6) is 0.173. The molecule has 174 valence electrons. The maximum absolute atomic E-state index is 13.1. The number of fused-ring (bicyclic) bond motifs is 1. The Morgan fingerprint density at radius 1 is 1.18 bits per heavy atom. The molecule has 0 bridgehead atoms. The molecular weight excluding hydrogens is 458 g/mol. The number of nitrogens with zero attached hydrogens (tertiary/aromatic N) is 2. The third-order valence-electron chi connectivity index (χ3n) is 5.75. The number of hydrogen-bond donors (Lipinski definition) is 1. The van der Waals surface area contributed by atoms with Gasteiger partial charge in [-0.3, -0.25) is 9.69 Å². The van der Waals surface area contributed by atoms with Crippen LogP contribution in [0.3, 0.4) is 0 Å². The molecule has 0 spiro atoms. The van der Waals surface area contributed by atoms with Crippen LogP contribution in [0.4, 0.5) is 5.69 Å². The number of carbonyl (C=O) groups is 1. The number of carbonyl (C=O) groups excluding carboxylic acids is 1. The molecule has 0 fully saturated rings. The van der Waals surface area contributed by atoms with Crippen molar-refractivity contribution in [2.45, 2.75) is 17.4 Å². The lowest BCUT2D eigenvalue weighted by molar-refractivity contribution is -0.117. The van der Waals surface area contributed by atoms with Gasteiger partial charge < -0.3 is 10.1 Å². The maximum atomic E-state index is 13.1. The Morgan fingerprint density at radius 2 is 1.94 bits per heavy atom. The fourth-order valence-electron chi connectivity index (χ4n) is 4.09. The van der Waals surface area contributed by atoms with Crippen LogP contribution >= 0.6 is 11.3 Å². The van der Waals surface area contributed by atoms with Crippen LogP contribution in [0.1, 0.15) is 22.0 Å². The number of thiophene rings is 1. The van der Waals surface area contributed by atoms with E-state index in [1.54, 1.807) is 17.4 Å². The lowest BCUT2D eigenvalue weighted by Gasteiger charge is -2.35. The molecule has 1 aromatic heterocycles. The molecule has 1 aliphatic heterocycles. The first kappa shape index (κ1) is 23.4. The summed E-state index contributed by atoms with van der Waals surface area (Å²) in [6.07, 6.45) is 0.892. The zero-order chi connectivity index (χ0) is 23.6. The van der Waals surface area contributed by atoms with Crippen LogP contribution in [0.5, 0.6) is 5.75 Å². The zero-order valence-corrected chi connectivity index (χ0v) is 20.4. The van der Waals surface area contributed by atoms with E-state index < -0.39 is 10.0 Å². The van der Waals surface area contributed by atoms with Crippen molar-refractivity contribution in [2.75, 3.05) is 39.6 Å². The van der Waals surface area contributed by atoms with E-state index in [0.29, 0.717) is 11.4 Å². The molecule has 2 aromatic carbocycles. The van der Waals surface area contributed by atoms with E-state index in [4.69, 9.17) is 4.74 Å². The van der Waals surface area contributed by atoms with Gasteiger partial charge in [0.1, 0.15) is 5.75 Å². The molecule has 33 heavy (non-hydrogen) atoms. The zero-order valence-electron chi connectivity index (χ0n) is 18.8. The Kier molecular flexibility index (Phi) is 6.85. The maximum Gasteiger partial charge on any atom is 0.242 e. The van der Waals surface area contributed by atoms with E-state index in [1.165, 1.54) is 43.8 Å². The number of anilines is 1. The van der Waals surface area contributed by atoms with E-state index in [0.717, 1.165) is 22.8 Å². The molecule has 2 heterocycles. The van der Waals surface area contributed by atoms with Gasteiger partial charge in [-0.05, 0) is 47.2 Å². The summed E-state index contributed by atoms with van der Waals surface area (Å²) < 4.78 is 31.6. The summed E-state index contributed by atoms with van der Waals surface area (Å²) in [4.78, 5) is 16.7. The van der Waals surface area contributed by atoms with Gasteiger partial charge in [-0.2, -0.15) is 0 Å². The molecule has 0 radical (unpaired) electrons. The summed E-state index contributed by atoms with van der Waals surface area (Å²) in [7, 11) is 0.781. The van der Waals surface area contributed by atoms with Gasteiger partial charge in [0.25, 0.3) is 0 Å². The van der Waals surface area contributed by atoms with Crippen LogP contribution < -0.4 is 10.1 Å². The van der Waals surface area contributed by atoms with Crippen LogP contribution in [0.25, 0.3) is 0 Å². The van der Waals surface area contributed by atoms with Gasteiger partial charge in [0.15, 0.2) is 0 Å². The molecule has 1 atom stereocenters. The topological polar surface area (TPSA) is 79.0 Å². The second-order valence-corrected chi connectivity index (χ2v) is 11.2. The average Bonchev–Trinajstić information content (AvgIpc) is 3.28. The lowest BCUT2D eigenvalue weighted by Crippen LogP contribution is -2.40. The summed E-state index contributed by atoms with van der Waals surface area (Å²) in [5.41, 5.74) is 2.71. The van der Waals surface area contributed by atoms with Crippen molar-refractivity contribution in [3.63, 3.8) is 0 Å². The molecule has 7 nitrogen and oxygen atoms in total. The first-order chi connectivity index (χ1) is 15.8. The SMILES string of the molecule is COc1ccc(S(=O)(=O)N(C)C)cc1NC(=O)CN1CCc2sccc2[C@H]1c1ccccc1. The van der Waals surface area contributed by atoms with Crippen LogP contribution in [0.15, 0.2) is 64.9 Å². The third kappa shape index (κ3) is 4.81. The highest BCUT2D eigenvalue weighted by Gasteiger charge is 2.31. The van der Waals surface area contributed by atoms with Crippen LogP contribution in [0.2, 0.25) is 0 Å². The standard InChI is InChI=1S/C24H27N3O4S2/c1-26(2)33(29,30)18-9-10-21(31-3)20(15-18)25-23(28)16-27-13-11-22-19(12-14-32-22)24(27)17-7-5-4-6-8-17/h4-10,12,14-15,24H,11,13,16H2,1-3H3,(H,25,28)/t24-/m1/s1. The molecule has 0 saturated heterocycles. The normalized spacial score (nSPS) is 16.4. The predicted octanol–water partition coefficient (Wildman–Crippen LogP) is 3.59. The van der Waals surface area contributed by atoms with E-state index in [-0.39, 0.29) is 23.4 Å². The second kappa shape index (κ2) is 9.64. The Hall–Kier alpha value is -2.72. The van der Waals surface area contributed by atoms with Crippen LogP contribution in [-0.4, -0.2) is 57.8 Å². The number of methoxy groups -OCH3 is 1. The molecule has 0 aliphatic carbocycles. The van der Waals surface area contributed by atoms with Crippen molar-refractivity contribution in [3.05, 3.63) is 76.0 Å². The largest absolute Gasteiger partial charge is 0.495 e. The molecule has 4 rings (SSSR count). The number of sulfonamides is 1. The van der Waals surface area contributed by atoms with Gasteiger partial charge in [0.2, 0.25) is 15.9 Å². The van der Waals surface area contributed by atoms with Crippen molar-refractivity contribution < 1.29 is 17.9 Å². The first-order valence-corrected chi connectivity index (χ1v) is 12.9. The van der Waals surface area contributed by atoms with E-state index in [2.05, 4.69) is 33.8 Å². The van der Waals surface area contributed by atoms with Gasteiger partial charge in [-0.15, -0.1) is 11.3 Å². The smallest absolute Gasteiger partial charge is 0.242 e. The monoisotopic (exact) mass is 485 g/mol. The third-order valence-corrected chi connectivity index (χ3v) is 8.56. The average molecular weight is 486 g/mol. The summed E-state index contributed by atoms with van der Waals surface area (Å²) in [6.45, 7) is 0.926. The molecule has 1 N–H and O–H groups in total. The fraction of sp³-hybridized carbons (Fsp3) is 0.292. The minimum atomic E-state index is -3.64. The highest BCUT2D eigenvalue weighted by Crippen LogP contribution is 2.37. The number of amides is 1. The number of benzene rings is 2. The first-order valence-electron chi connectivity index (χ1n) is 10.6. The Labute approximate surface area is 198 Å². The van der Waals surface area contributed by atoms with Gasteiger partial charge in [-0.25, -0.2) is 12.7 Å². The molecule has 0 saturated carbocycles. The summed E-state index contributed by atoms with van der Waals surface area (Å²) in [6, 6.07) is 16.8. The van der Waals surface area contributed by atoms with Crippen LogP contribution in [0, 0.1) is 0 Å². The number of nitrogens with one attached hydrogen (secondary N) is 1. The Morgan fingerprint density at radius 3 is 2.64 bits per heavy atom. The summed E-state index contributed by atoms with van der Waals surface area (Å²) in [5, 5.41) is 4.97. The van der Waals surface area contributed by atoms with Crippen molar-refractivity contribution in [1.29, 1.82) is 0 Å². The van der Waals surface area contributed by atoms with Crippen molar-refractivity contribution in [3.8, 4) is 5.75 Å². The van der Waals surface area contributed by atoms with E-state index in [1.807, 2.05) is 18.2 Å². The van der Waals surface area contributed by atoms with E-state index >= 15 is 0 Å². The van der Waals surface area contributed by atoms with E-state index in [9.17, 15) is 13.2 Å². The van der Waals surface area contributed by atoms with Crippen molar-refractivity contribution in [2.24, 2.45) is 0 Å². The van der Waals surface area contributed by atoms with Crippen LogP contribution in [-0.2, 0) is 21.2 Å². The number of rotatable bonds is 7. The molecule has 1 aliphatic rings. The van der Waals surface area contributed by atoms with Gasteiger partial charge in [0.05, 0.1) is 30.3 Å². The lowest BCUT2D eigenvalue weighted by atomic mass is 9.93. The van der Waals surface area contributed by atoms with Gasteiger partial charge in [-0.1, -0.05) is 30.3 Å². The Bertz CT molecular complexity index is 1240. The van der Waals surface area contributed by atoms with Gasteiger partial charge in [0, 0.05) is 25.5 Å². The number of ether oxygens (including phenoxy) is 1. The molecule has 3 aromatic rings. The predicted molar refractivity (Wildman–Crippen MR) is 130 cm³/mol. The molecule has 1 amide bonds. The van der Waals surface area contributed by atoms with Gasteiger partial charge >= 0.3 is 0 Å². The molecule has 0 unspecified atom stereocenters. The molecular formula is C24H27N3O4S2. The van der Waals surface area contributed by atoms with Crippen molar-refractivity contribution >= 4 is 33.0 Å². The quantitative estimate of drug-likeness (QED) is 0.553. The fourth-order valence-corrected chi connectivity index (χ4v) is 5.93. The number of hydrogen-bond acceptors (Lipinski definition) is 6. The highest BCUT2D eigenvalue weighted by molar-refractivity contribution is 7.89. The second-order valence-electron chi connectivity index (χ2n) is 8.03. The molecule has 9 heteroatoms. The minimum Gasteiger partial charge on any atom is -0.495 e. The highest BCUT2D eigenvalue weighted by atomic mass is 32.2. The Balaban J connectivity index is 1.59. The van der Waals surface area contributed by atoms with Crippen molar-refractivity contribution in [1.82, 2.24) is 9.21 Å².